The second-order valence-electron chi connectivity index (χ2n) is 4.42. The van der Waals surface area contributed by atoms with Gasteiger partial charge in [-0.3, -0.25) is 0 Å². The molecule has 96 valence electrons. The Bertz CT molecular complexity index is 422. The predicted molar refractivity (Wildman–Crippen MR) is 70.1 cm³/mol. The summed E-state index contributed by atoms with van der Waals surface area (Å²) >= 11 is 0.337. The molecule has 2 aliphatic rings. The third-order valence-electron chi connectivity index (χ3n) is 3.14. The molecule has 0 bridgehead atoms. The van der Waals surface area contributed by atoms with E-state index in [9.17, 15) is 0 Å². The molecule has 0 saturated carbocycles. The van der Waals surface area contributed by atoms with E-state index in [4.69, 9.17) is 14.2 Å². The van der Waals surface area contributed by atoms with Gasteiger partial charge in [0, 0.05) is 0 Å². The Kier molecular flexibility index (Phi) is 3.55. The van der Waals surface area contributed by atoms with Crippen molar-refractivity contribution >= 4 is 19.4 Å². The molecule has 3 atom stereocenters. The molecule has 2 fully saturated rings. The van der Waals surface area contributed by atoms with Gasteiger partial charge in [0.05, 0.1) is 0 Å². The first-order chi connectivity index (χ1) is 8.84. The summed E-state index contributed by atoms with van der Waals surface area (Å²) in [5, 5.41) is 0.888. The van der Waals surface area contributed by atoms with Crippen molar-refractivity contribution in [3.8, 4) is 0 Å². The summed E-state index contributed by atoms with van der Waals surface area (Å²) in [6.07, 6.45) is 2.14. The number of rotatable bonds is 6. The number of hydrogen-bond acceptors (Lipinski definition) is 3. The van der Waals surface area contributed by atoms with Crippen molar-refractivity contribution in [2.24, 2.45) is 0 Å². The zero-order chi connectivity index (χ0) is 12.4. The van der Waals surface area contributed by atoms with Gasteiger partial charge >= 0.3 is 113 Å². The molecule has 0 unspecified atom stereocenters. The summed E-state index contributed by atoms with van der Waals surface area (Å²) in [6.45, 7) is 4.86. The third-order valence-corrected chi connectivity index (χ3v) is 5.55. The van der Waals surface area contributed by atoms with Gasteiger partial charge in [-0.25, -0.2) is 0 Å². The predicted octanol–water partition coefficient (Wildman–Crippen LogP) is 1.13. The van der Waals surface area contributed by atoms with Crippen molar-refractivity contribution in [1.82, 2.24) is 0 Å². The minimum atomic E-state index is -0.533. The van der Waals surface area contributed by atoms with Gasteiger partial charge in [0.2, 0.25) is 0 Å². The summed E-state index contributed by atoms with van der Waals surface area (Å²) in [6, 6.07) is 10.5. The molecule has 2 saturated heterocycles. The van der Waals surface area contributed by atoms with Gasteiger partial charge in [-0.05, 0) is 0 Å². The molecule has 0 aliphatic carbocycles. The van der Waals surface area contributed by atoms with Crippen LogP contribution in [0, 0.1) is 0 Å². The molecule has 0 aromatic heterocycles. The van der Waals surface area contributed by atoms with Crippen molar-refractivity contribution in [3.05, 3.63) is 43.0 Å². The molecule has 3 rings (SSSR count). The van der Waals surface area contributed by atoms with Crippen LogP contribution in [0.25, 0.3) is 0 Å². The van der Waals surface area contributed by atoms with Crippen LogP contribution in [0.1, 0.15) is 0 Å². The Labute approximate surface area is 113 Å². The monoisotopic (exact) mass is 312 g/mol. The zero-order valence-electron chi connectivity index (χ0n) is 10.1. The second-order valence-corrected chi connectivity index (χ2v) is 6.62. The van der Waals surface area contributed by atoms with E-state index in [1.54, 1.807) is 6.08 Å². The Morgan fingerprint density at radius 1 is 1.44 bits per heavy atom. The molecular weight excluding hydrogens is 295 g/mol. The average molecular weight is 311 g/mol. The molecule has 2 aliphatic heterocycles. The Morgan fingerprint density at radius 2 is 2.28 bits per heavy atom. The number of hydrogen-bond donors (Lipinski definition) is 0. The maximum absolute atomic E-state index is 5.87. The summed E-state index contributed by atoms with van der Waals surface area (Å²) in [7, 11) is 0. The van der Waals surface area contributed by atoms with E-state index in [1.807, 2.05) is 6.07 Å². The number of ether oxygens (including phenoxy) is 3. The van der Waals surface area contributed by atoms with Crippen LogP contribution in [0.5, 0.6) is 0 Å². The molecule has 3 nitrogen and oxygen atoms in total. The molecular formula is C14H16O3Se. The van der Waals surface area contributed by atoms with Crippen LogP contribution in [0.4, 0.5) is 0 Å². The van der Waals surface area contributed by atoms with Crippen LogP contribution in [0.15, 0.2) is 43.0 Å². The van der Waals surface area contributed by atoms with Crippen LogP contribution in [-0.4, -0.2) is 46.2 Å². The first kappa shape index (κ1) is 12.4. The van der Waals surface area contributed by atoms with E-state index in [1.165, 1.54) is 4.46 Å². The molecule has 2 heterocycles. The summed E-state index contributed by atoms with van der Waals surface area (Å²) in [5.74, 6) is -0.533. The fourth-order valence-electron chi connectivity index (χ4n) is 2.15. The molecule has 18 heavy (non-hydrogen) atoms. The first-order valence-electron chi connectivity index (χ1n) is 6.06. The first-order valence-corrected chi connectivity index (χ1v) is 8.13. The molecule has 0 amide bonds. The maximum atomic E-state index is 5.87. The van der Waals surface area contributed by atoms with E-state index in [-0.39, 0.29) is 12.2 Å². The fourth-order valence-corrected chi connectivity index (χ4v) is 4.35. The number of fused-ring (bicyclic) bond motifs is 1. The Balaban J connectivity index is 1.65. The molecule has 0 radical (unpaired) electrons. The third kappa shape index (κ3) is 2.40. The van der Waals surface area contributed by atoms with Crippen LogP contribution in [0.3, 0.4) is 0 Å². The molecule has 0 N–H and O–H groups in total. The summed E-state index contributed by atoms with van der Waals surface area (Å²) in [5.41, 5.74) is 0. The number of benzene rings is 1. The SMILES string of the molecule is C=CCO[C@@]1(C[Se]c2ccccc2)OC[C@@H]2O[C@@H]21. The fraction of sp³-hybridized carbons (Fsp3) is 0.429. The van der Waals surface area contributed by atoms with Gasteiger partial charge in [0.1, 0.15) is 0 Å². The van der Waals surface area contributed by atoms with Gasteiger partial charge in [0.25, 0.3) is 0 Å². The normalized spacial score (nSPS) is 33.1. The summed E-state index contributed by atoms with van der Waals surface area (Å²) < 4.78 is 18.7. The van der Waals surface area contributed by atoms with Gasteiger partial charge in [-0.1, -0.05) is 0 Å². The van der Waals surface area contributed by atoms with Crippen molar-refractivity contribution < 1.29 is 14.2 Å². The molecule has 1 aromatic carbocycles. The van der Waals surface area contributed by atoms with Gasteiger partial charge in [-0.15, -0.1) is 0 Å². The zero-order valence-corrected chi connectivity index (χ0v) is 11.8. The van der Waals surface area contributed by atoms with Crippen molar-refractivity contribution in [2.45, 2.75) is 23.3 Å². The summed E-state index contributed by atoms with van der Waals surface area (Å²) in [4.78, 5) is 0. The molecule has 1 aromatic rings. The molecule has 0 spiro atoms. The van der Waals surface area contributed by atoms with E-state index >= 15 is 0 Å². The van der Waals surface area contributed by atoms with Crippen LogP contribution in [-0.2, 0) is 14.2 Å². The van der Waals surface area contributed by atoms with Gasteiger partial charge in [-0.2, -0.15) is 0 Å². The van der Waals surface area contributed by atoms with E-state index < -0.39 is 5.79 Å². The number of epoxide rings is 1. The quantitative estimate of drug-likeness (QED) is 0.448. The molecule has 4 heteroatoms. The van der Waals surface area contributed by atoms with E-state index in [0.717, 1.165) is 5.32 Å². The topological polar surface area (TPSA) is 31.0 Å². The standard InChI is InChI=1S/C14H16O3Se/c1-2-8-15-14(13-12(17-13)9-16-14)10-18-11-6-4-3-5-7-11/h2-7,12-13H,1,8-10H2/t12-,13-,14-/m0/s1. The van der Waals surface area contributed by atoms with Crippen LogP contribution >= 0.6 is 0 Å². The minimum absolute atomic E-state index is 0.128. The van der Waals surface area contributed by atoms with E-state index in [0.29, 0.717) is 28.2 Å². The van der Waals surface area contributed by atoms with Gasteiger partial charge in [0.15, 0.2) is 0 Å². The van der Waals surface area contributed by atoms with Crippen molar-refractivity contribution in [1.29, 1.82) is 0 Å². The van der Waals surface area contributed by atoms with E-state index in [2.05, 4.69) is 30.8 Å². The van der Waals surface area contributed by atoms with Gasteiger partial charge < -0.3 is 0 Å². The van der Waals surface area contributed by atoms with Crippen molar-refractivity contribution in [3.63, 3.8) is 0 Å². The average Bonchev–Trinajstić information content (AvgIpc) is 3.14. The second kappa shape index (κ2) is 5.16. The Hall–Kier alpha value is -0.641. The van der Waals surface area contributed by atoms with Crippen LogP contribution < -0.4 is 4.46 Å². The Morgan fingerprint density at radius 3 is 2.89 bits per heavy atom. The van der Waals surface area contributed by atoms with Crippen molar-refractivity contribution in [2.75, 3.05) is 13.2 Å². The van der Waals surface area contributed by atoms with Crippen LogP contribution in [0.2, 0.25) is 5.32 Å².